The van der Waals surface area contributed by atoms with Gasteiger partial charge in [-0.05, 0) is 18.6 Å². The Morgan fingerprint density at radius 2 is 2.10 bits per heavy atom. The summed E-state index contributed by atoms with van der Waals surface area (Å²) in [4.78, 5) is 41.8. The topological polar surface area (TPSA) is 107 Å². The first-order chi connectivity index (χ1) is 14.0. The smallest absolute Gasteiger partial charge is 0.312 e. The van der Waals surface area contributed by atoms with Gasteiger partial charge in [0.2, 0.25) is 5.91 Å². The molecule has 0 aliphatic carbocycles. The number of amides is 2. The molecule has 0 spiro atoms. The summed E-state index contributed by atoms with van der Waals surface area (Å²) in [7, 11) is 3.00. The van der Waals surface area contributed by atoms with Crippen LogP contribution in [0.1, 0.15) is 18.5 Å². The third-order valence-corrected chi connectivity index (χ3v) is 5.13. The van der Waals surface area contributed by atoms with Crippen LogP contribution in [0, 0.1) is 0 Å². The second-order valence-corrected chi connectivity index (χ2v) is 7.06. The van der Waals surface area contributed by atoms with Crippen molar-refractivity contribution in [2.24, 2.45) is 0 Å². The number of nitrogens with zero attached hydrogens (tertiary/aromatic N) is 2. The largest absolute Gasteiger partial charge is 0.497 e. The number of carbonyl (C=O) groups is 3. The third kappa shape index (κ3) is 5.23. The van der Waals surface area contributed by atoms with Gasteiger partial charge in [-0.2, -0.15) is 0 Å². The average molecular weight is 419 g/mol. The monoisotopic (exact) mass is 419 g/mol. The number of ether oxygens (including phenoxy) is 3. The second-order valence-electron chi connectivity index (χ2n) is 6.22. The van der Waals surface area contributed by atoms with Gasteiger partial charge in [0.25, 0.3) is 5.91 Å². The van der Waals surface area contributed by atoms with E-state index < -0.39 is 18.5 Å². The van der Waals surface area contributed by atoms with E-state index >= 15 is 0 Å². The first kappa shape index (κ1) is 20.6. The predicted molar refractivity (Wildman–Crippen MR) is 107 cm³/mol. The Morgan fingerprint density at radius 3 is 2.79 bits per heavy atom. The summed E-state index contributed by atoms with van der Waals surface area (Å²) in [6.07, 6.45) is 1.26. The molecule has 1 aromatic carbocycles. The van der Waals surface area contributed by atoms with Crippen molar-refractivity contribution in [3.63, 3.8) is 0 Å². The molecule has 9 nitrogen and oxygen atoms in total. The Labute approximate surface area is 171 Å². The summed E-state index contributed by atoms with van der Waals surface area (Å²) in [5.41, 5.74) is 0.945. The summed E-state index contributed by atoms with van der Waals surface area (Å²) < 4.78 is 15.3. The van der Waals surface area contributed by atoms with Gasteiger partial charge in [0, 0.05) is 24.4 Å². The van der Waals surface area contributed by atoms with Gasteiger partial charge in [-0.1, -0.05) is 0 Å². The van der Waals surface area contributed by atoms with Gasteiger partial charge in [0.05, 0.1) is 32.0 Å². The highest BCUT2D eigenvalue weighted by Gasteiger charge is 2.24. The maximum Gasteiger partial charge on any atom is 0.312 e. The molecule has 1 fully saturated rings. The summed E-state index contributed by atoms with van der Waals surface area (Å²) >= 11 is 1.31. The van der Waals surface area contributed by atoms with Gasteiger partial charge in [0.15, 0.2) is 11.7 Å². The molecule has 0 saturated carbocycles. The lowest BCUT2D eigenvalue weighted by molar-refractivity contribution is -0.146. The lowest BCUT2D eigenvalue weighted by Crippen LogP contribution is -2.23. The van der Waals surface area contributed by atoms with Crippen molar-refractivity contribution >= 4 is 39.9 Å². The van der Waals surface area contributed by atoms with E-state index in [0.29, 0.717) is 41.0 Å². The van der Waals surface area contributed by atoms with Gasteiger partial charge in [-0.3, -0.25) is 19.3 Å². The summed E-state index contributed by atoms with van der Waals surface area (Å²) in [6, 6.07) is 4.94. The van der Waals surface area contributed by atoms with Crippen molar-refractivity contribution in [2.75, 3.05) is 37.6 Å². The molecule has 3 rings (SSSR count). The van der Waals surface area contributed by atoms with Crippen LogP contribution in [0.5, 0.6) is 11.5 Å². The predicted octanol–water partition coefficient (Wildman–Crippen LogP) is 2.01. The zero-order valence-electron chi connectivity index (χ0n) is 16.1. The summed E-state index contributed by atoms with van der Waals surface area (Å²) in [6.45, 7) is 0.209. The number of rotatable bonds is 8. The van der Waals surface area contributed by atoms with E-state index in [1.807, 2.05) is 0 Å². The summed E-state index contributed by atoms with van der Waals surface area (Å²) in [5, 5.41) is 4.92. The van der Waals surface area contributed by atoms with Crippen LogP contribution in [0.15, 0.2) is 23.6 Å². The van der Waals surface area contributed by atoms with Crippen LogP contribution < -0.4 is 19.7 Å². The van der Waals surface area contributed by atoms with Gasteiger partial charge in [-0.15, -0.1) is 11.3 Å². The number of nitrogens with one attached hydrogen (secondary N) is 1. The van der Waals surface area contributed by atoms with Crippen LogP contribution in [-0.2, 0) is 25.5 Å². The van der Waals surface area contributed by atoms with Crippen molar-refractivity contribution in [3.05, 3.63) is 29.3 Å². The number of aromatic nitrogens is 1. The van der Waals surface area contributed by atoms with Crippen LogP contribution in [0.3, 0.4) is 0 Å². The highest BCUT2D eigenvalue weighted by molar-refractivity contribution is 7.14. The molecular formula is C19H21N3O6S. The molecule has 2 heterocycles. The molecule has 2 aromatic rings. The fraction of sp³-hybridized carbons (Fsp3) is 0.368. The molecule has 2 amide bonds. The van der Waals surface area contributed by atoms with Crippen molar-refractivity contribution in [2.45, 2.75) is 19.3 Å². The van der Waals surface area contributed by atoms with Crippen LogP contribution in [0.25, 0.3) is 0 Å². The Morgan fingerprint density at radius 1 is 1.28 bits per heavy atom. The molecule has 1 aliphatic rings. The van der Waals surface area contributed by atoms with E-state index in [4.69, 9.17) is 14.2 Å². The van der Waals surface area contributed by atoms with Gasteiger partial charge in [-0.25, -0.2) is 4.98 Å². The van der Waals surface area contributed by atoms with Gasteiger partial charge < -0.3 is 19.5 Å². The molecule has 29 heavy (non-hydrogen) atoms. The average Bonchev–Trinajstić information content (AvgIpc) is 3.35. The molecule has 1 aliphatic heterocycles. The fourth-order valence-corrected chi connectivity index (χ4v) is 3.65. The number of anilines is 2. The Balaban J connectivity index is 1.49. The number of carbonyl (C=O) groups excluding carboxylic acids is 3. The quantitative estimate of drug-likeness (QED) is 0.652. The zero-order valence-corrected chi connectivity index (χ0v) is 16.9. The number of hydrogen-bond donors (Lipinski definition) is 1. The van der Waals surface area contributed by atoms with Crippen molar-refractivity contribution in [1.29, 1.82) is 0 Å². The minimum absolute atomic E-state index is 0.0408. The molecule has 0 atom stereocenters. The number of hydrogen-bond acceptors (Lipinski definition) is 8. The summed E-state index contributed by atoms with van der Waals surface area (Å²) in [5.74, 6) is -0.0194. The van der Waals surface area contributed by atoms with Crippen molar-refractivity contribution < 1.29 is 28.6 Å². The molecule has 1 saturated heterocycles. The SMILES string of the molecule is COc1ccc(NC(=O)COC(=O)Cc2csc(N3CCCC3=O)n2)c(OC)c1. The van der Waals surface area contributed by atoms with E-state index in [-0.39, 0.29) is 12.3 Å². The van der Waals surface area contributed by atoms with E-state index in [0.717, 1.165) is 6.42 Å². The van der Waals surface area contributed by atoms with E-state index in [1.54, 1.807) is 28.5 Å². The number of esters is 1. The molecule has 0 unspecified atom stereocenters. The van der Waals surface area contributed by atoms with Crippen molar-refractivity contribution in [1.82, 2.24) is 4.98 Å². The lowest BCUT2D eigenvalue weighted by atomic mass is 10.2. The molecule has 1 aromatic heterocycles. The maximum atomic E-state index is 12.1. The number of methoxy groups -OCH3 is 2. The van der Waals surface area contributed by atoms with Crippen LogP contribution in [-0.4, -0.2) is 50.1 Å². The van der Waals surface area contributed by atoms with Crippen molar-refractivity contribution in [3.8, 4) is 11.5 Å². The molecule has 10 heteroatoms. The lowest BCUT2D eigenvalue weighted by Gasteiger charge is -2.11. The Kier molecular flexibility index (Phi) is 6.65. The molecule has 0 bridgehead atoms. The maximum absolute atomic E-state index is 12.1. The van der Waals surface area contributed by atoms with E-state index in [2.05, 4.69) is 10.3 Å². The molecule has 154 valence electrons. The van der Waals surface area contributed by atoms with E-state index in [9.17, 15) is 14.4 Å². The Hall–Kier alpha value is -3.14. The second kappa shape index (κ2) is 9.37. The highest BCUT2D eigenvalue weighted by Crippen LogP contribution is 2.29. The standard InChI is InChI=1S/C19H21N3O6S/c1-26-13-5-6-14(15(9-13)27-2)21-16(23)10-28-18(25)8-12-11-29-19(20-12)22-7-3-4-17(22)24/h5-6,9,11H,3-4,7-8,10H2,1-2H3,(H,21,23). The van der Waals surface area contributed by atoms with Crippen LogP contribution in [0.2, 0.25) is 0 Å². The Bertz CT molecular complexity index is 913. The molecular weight excluding hydrogens is 398 g/mol. The van der Waals surface area contributed by atoms with E-state index in [1.165, 1.54) is 25.6 Å². The van der Waals surface area contributed by atoms with Crippen LogP contribution >= 0.6 is 11.3 Å². The first-order valence-corrected chi connectivity index (χ1v) is 9.80. The normalized spacial score (nSPS) is 13.3. The molecule has 0 radical (unpaired) electrons. The highest BCUT2D eigenvalue weighted by atomic mass is 32.1. The number of thiazole rings is 1. The van der Waals surface area contributed by atoms with Crippen LogP contribution in [0.4, 0.5) is 10.8 Å². The third-order valence-electron chi connectivity index (χ3n) is 4.22. The number of benzene rings is 1. The zero-order chi connectivity index (χ0) is 20.8. The van der Waals surface area contributed by atoms with Gasteiger partial charge in [0.1, 0.15) is 11.5 Å². The molecule has 1 N–H and O–H groups in total. The first-order valence-electron chi connectivity index (χ1n) is 8.92. The fourth-order valence-electron chi connectivity index (χ4n) is 2.78. The minimum atomic E-state index is -0.577. The minimum Gasteiger partial charge on any atom is -0.497 e. The van der Waals surface area contributed by atoms with Gasteiger partial charge >= 0.3 is 5.97 Å².